The molecule has 1 fully saturated rings. The second-order valence-corrected chi connectivity index (χ2v) is 10.5. The number of hydrogen-bond acceptors (Lipinski definition) is 8. The monoisotopic (exact) mass is 534 g/mol. The Kier molecular flexibility index (Phi) is 12.5. The van der Waals surface area contributed by atoms with Crippen LogP contribution in [0.4, 0.5) is 0 Å². The Labute approximate surface area is 224 Å². The van der Waals surface area contributed by atoms with E-state index in [9.17, 15) is 24.3 Å². The molecule has 38 heavy (non-hydrogen) atoms. The predicted molar refractivity (Wildman–Crippen MR) is 140 cm³/mol. The third kappa shape index (κ3) is 9.90. The maximum absolute atomic E-state index is 13.1. The summed E-state index contributed by atoms with van der Waals surface area (Å²) >= 11 is 0. The highest BCUT2D eigenvalue weighted by molar-refractivity contribution is 5.98. The number of aliphatic hydroxyl groups excluding tert-OH is 1. The maximum Gasteiger partial charge on any atom is 0.249 e. The molecule has 0 spiro atoms. The standard InChI is InChI=1S/C28H42N2O8/c1-18(2)13-21(25(33)28(3)17-38-28)29-26(34)20(15-36-4)14-24(32)22(16-37-5)30-27(35)23(31)12-11-19-9-7-6-8-10-19/h6-10,18,20-23,31H,11-17H2,1-5H3,(H,29,34)(H,30,35)/t20-,21-,22-,23-,28+/m0/s1. The third-order valence-electron chi connectivity index (χ3n) is 6.52. The average Bonchev–Trinajstić information content (AvgIpc) is 3.64. The minimum Gasteiger partial charge on any atom is -0.384 e. The molecule has 1 aliphatic heterocycles. The second-order valence-electron chi connectivity index (χ2n) is 10.5. The van der Waals surface area contributed by atoms with Crippen molar-refractivity contribution in [2.75, 3.05) is 34.0 Å². The number of carbonyl (C=O) groups excluding carboxylic acids is 4. The summed E-state index contributed by atoms with van der Waals surface area (Å²) in [6, 6.07) is 7.64. The molecule has 0 radical (unpaired) electrons. The number of carbonyl (C=O) groups is 4. The van der Waals surface area contributed by atoms with E-state index in [1.165, 1.54) is 14.2 Å². The highest BCUT2D eigenvalue weighted by Crippen LogP contribution is 2.29. The number of rotatable bonds is 18. The molecule has 2 amide bonds. The fourth-order valence-corrected chi connectivity index (χ4v) is 4.15. The van der Waals surface area contributed by atoms with Crippen molar-refractivity contribution in [3.05, 3.63) is 35.9 Å². The summed E-state index contributed by atoms with van der Waals surface area (Å²) in [5, 5.41) is 15.7. The van der Waals surface area contributed by atoms with Gasteiger partial charge in [-0.1, -0.05) is 44.2 Å². The molecule has 0 saturated carbocycles. The number of epoxide rings is 1. The number of aryl methyl sites for hydroxylation is 1. The molecule has 0 aromatic heterocycles. The van der Waals surface area contributed by atoms with Gasteiger partial charge in [-0.3, -0.25) is 19.2 Å². The average molecular weight is 535 g/mol. The Morgan fingerprint density at radius 2 is 1.61 bits per heavy atom. The van der Waals surface area contributed by atoms with Gasteiger partial charge < -0.3 is 30.0 Å². The Bertz CT molecular complexity index is 932. The zero-order chi connectivity index (χ0) is 28.3. The van der Waals surface area contributed by atoms with Crippen LogP contribution in [-0.2, 0) is 39.8 Å². The molecule has 0 bridgehead atoms. The summed E-state index contributed by atoms with van der Waals surface area (Å²) < 4.78 is 15.6. The number of methoxy groups -OCH3 is 2. The molecule has 0 unspecified atom stereocenters. The van der Waals surface area contributed by atoms with Crippen LogP contribution in [0.5, 0.6) is 0 Å². The van der Waals surface area contributed by atoms with Gasteiger partial charge in [0.25, 0.3) is 0 Å². The lowest BCUT2D eigenvalue weighted by atomic mass is 9.92. The first-order chi connectivity index (χ1) is 18.0. The zero-order valence-corrected chi connectivity index (χ0v) is 23.0. The van der Waals surface area contributed by atoms with Crippen molar-refractivity contribution in [2.45, 2.75) is 70.2 Å². The Morgan fingerprint density at radius 1 is 1.00 bits per heavy atom. The molecule has 3 N–H and O–H groups in total. The van der Waals surface area contributed by atoms with Crippen molar-refractivity contribution in [3.8, 4) is 0 Å². The van der Waals surface area contributed by atoms with Crippen LogP contribution in [-0.4, -0.2) is 86.3 Å². The molecular formula is C28H42N2O8. The van der Waals surface area contributed by atoms with Gasteiger partial charge in [0, 0.05) is 20.6 Å². The van der Waals surface area contributed by atoms with Gasteiger partial charge in [0.15, 0.2) is 11.6 Å². The van der Waals surface area contributed by atoms with Crippen LogP contribution >= 0.6 is 0 Å². The molecule has 1 aromatic carbocycles. The van der Waals surface area contributed by atoms with Crippen molar-refractivity contribution in [2.24, 2.45) is 11.8 Å². The molecule has 212 valence electrons. The van der Waals surface area contributed by atoms with Crippen LogP contribution in [0, 0.1) is 11.8 Å². The fourth-order valence-electron chi connectivity index (χ4n) is 4.15. The minimum absolute atomic E-state index is 0.0543. The van der Waals surface area contributed by atoms with E-state index in [4.69, 9.17) is 14.2 Å². The summed E-state index contributed by atoms with van der Waals surface area (Å²) in [7, 11) is 2.80. The third-order valence-corrected chi connectivity index (χ3v) is 6.52. The van der Waals surface area contributed by atoms with Crippen LogP contribution in [0.15, 0.2) is 30.3 Å². The number of benzene rings is 1. The van der Waals surface area contributed by atoms with E-state index in [1.807, 2.05) is 44.2 Å². The van der Waals surface area contributed by atoms with Crippen molar-refractivity contribution in [1.29, 1.82) is 0 Å². The molecule has 5 atom stereocenters. The van der Waals surface area contributed by atoms with Crippen molar-refractivity contribution < 1.29 is 38.5 Å². The zero-order valence-electron chi connectivity index (χ0n) is 23.0. The van der Waals surface area contributed by atoms with Gasteiger partial charge in [-0.25, -0.2) is 0 Å². The maximum atomic E-state index is 13.1. The molecule has 1 aromatic rings. The summed E-state index contributed by atoms with van der Waals surface area (Å²) in [4.78, 5) is 51.8. The van der Waals surface area contributed by atoms with Gasteiger partial charge in [-0.2, -0.15) is 0 Å². The first kappa shape index (κ1) is 31.6. The minimum atomic E-state index is -1.31. The van der Waals surface area contributed by atoms with Crippen molar-refractivity contribution in [1.82, 2.24) is 10.6 Å². The predicted octanol–water partition coefficient (Wildman–Crippen LogP) is 1.22. The number of nitrogens with one attached hydrogen (secondary N) is 2. The molecule has 2 rings (SSSR count). The van der Waals surface area contributed by atoms with Gasteiger partial charge in [-0.15, -0.1) is 0 Å². The van der Waals surface area contributed by atoms with Crippen LogP contribution in [0.25, 0.3) is 0 Å². The van der Waals surface area contributed by atoms with Crippen LogP contribution in [0.1, 0.15) is 45.6 Å². The highest BCUT2D eigenvalue weighted by Gasteiger charge is 2.50. The van der Waals surface area contributed by atoms with E-state index in [-0.39, 0.29) is 37.8 Å². The second kappa shape index (κ2) is 15.1. The summed E-state index contributed by atoms with van der Waals surface area (Å²) in [6.07, 6.45) is -0.444. The van der Waals surface area contributed by atoms with E-state index in [0.29, 0.717) is 19.4 Å². The summed E-state index contributed by atoms with van der Waals surface area (Å²) in [5.41, 5.74) is 0.0861. The van der Waals surface area contributed by atoms with Gasteiger partial charge in [-0.05, 0) is 37.7 Å². The SMILES string of the molecule is COC[C@H](CC(=O)[C@H](COC)NC(=O)[C@@H](O)CCc1ccccc1)C(=O)N[C@@H](CC(C)C)C(=O)[C@@]1(C)CO1. The first-order valence-corrected chi connectivity index (χ1v) is 13.0. The molecule has 0 aliphatic carbocycles. The summed E-state index contributed by atoms with van der Waals surface area (Å²) in [6.45, 7) is 5.72. The summed E-state index contributed by atoms with van der Waals surface area (Å²) in [5.74, 6) is -2.57. The van der Waals surface area contributed by atoms with Crippen LogP contribution in [0.2, 0.25) is 0 Å². The van der Waals surface area contributed by atoms with Gasteiger partial charge in [0.05, 0.1) is 31.8 Å². The fraction of sp³-hybridized carbons (Fsp3) is 0.643. The molecule has 1 saturated heterocycles. The Morgan fingerprint density at radius 3 is 2.16 bits per heavy atom. The van der Waals surface area contributed by atoms with Gasteiger partial charge >= 0.3 is 0 Å². The van der Waals surface area contributed by atoms with Gasteiger partial charge in [0.2, 0.25) is 11.8 Å². The quantitative estimate of drug-likeness (QED) is 0.239. The Balaban J connectivity index is 2.01. The molecule has 10 nitrogen and oxygen atoms in total. The normalized spacial score (nSPS) is 19.8. The van der Waals surface area contributed by atoms with Crippen LogP contribution < -0.4 is 10.6 Å². The lowest BCUT2D eigenvalue weighted by Crippen LogP contribution is -2.51. The molecule has 10 heteroatoms. The van der Waals surface area contributed by atoms with Crippen molar-refractivity contribution >= 4 is 23.4 Å². The number of ether oxygens (including phenoxy) is 3. The topological polar surface area (TPSA) is 144 Å². The van der Waals surface area contributed by atoms with E-state index in [0.717, 1.165) is 5.56 Å². The first-order valence-electron chi connectivity index (χ1n) is 13.0. The van der Waals surface area contributed by atoms with E-state index < -0.39 is 47.3 Å². The number of Topliss-reactive ketones (excluding diaryl/α,β-unsaturated/α-hetero) is 2. The van der Waals surface area contributed by atoms with Gasteiger partial charge in [0.1, 0.15) is 17.7 Å². The Hall–Kier alpha value is -2.66. The lowest BCUT2D eigenvalue weighted by molar-refractivity contribution is -0.137. The number of hydrogen-bond donors (Lipinski definition) is 3. The molecule has 1 heterocycles. The van der Waals surface area contributed by atoms with E-state index in [1.54, 1.807) is 6.92 Å². The lowest BCUT2D eigenvalue weighted by Gasteiger charge is -2.25. The molecular weight excluding hydrogens is 492 g/mol. The molecule has 1 aliphatic rings. The van der Waals surface area contributed by atoms with Crippen LogP contribution in [0.3, 0.4) is 0 Å². The smallest absolute Gasteiger partial charge is 0.249 e. The van der Waals surface area contributed by atoms with E-state index >= 15 is 0 Å². The van der Waals surface area contributed by atoms with Crippen molar-refractivity contribution in [3.63, 3.8) is 0 Å². The number of aliphatic hydroxyl groups is 1. The van der Waals surface area contributed by atoms with E-state index in [2.05, 4.69) is 10.6 Å². The highest BCUT2D eigenvalue weighted by atomic mass is 16.6. The number of amides is 2. The number of ketones is 2. The largest absolute Gasteiger partial charge is 0.384 e.